The van der Waals surface area contributed by atoms with Gasteiger partial charge < -0.3 is 25.2 Å². The van der Waals surface area contributed by atoms with Gasteiger partial charge in [0, 0.05) is 29.1 Å². The maximum atomic E-state index is 13.9. The minimum atomic E-state index is -0.387. The predicted molar refractivity (Wildman–Crippen MR) is 140 cm³/mol. The minimum Gasteiger partial charge on any atom is -0.455 e. The molecule has 11 heteroatoms. The molecule has 0 aliphatic rings. The molecule has 1 unspecified atom stereocenters. The molecular formula is C26H21ClN6O4. The Morgan fingerprint density at radius 2 is 2.05 bits per heavy atom. The molecule has 1 atom stereocenters. The number of amidine groups is 1. The van der Waals surface area contributed by atoms with Gasteiger partial charge in [-0.3, -0.25) is 9.78 Å². The van der Waals surface area contributed by atoms with Gasteiger partial charge in [0.25, 0.3) is 0 Å². The van der Waals surface area contributed by atoms with Crippen molar-refractivity contribution in [1.82, 2.24) is 15.1 Å². The summed E-state index contributed by atoms with van der Waals surface area (Å²) in [5.74, 6) is 0.145. The fraction of sp³-hybridized carbons (Fsp3) is 0.115. The van der Waals surface area contributed by atoms with Crippen molar-refractivity contribution in [1.29, 1.82) is 0 Å². The van der Waals surface area contributed by atoms with Crippen molar-refractivity contribution < 1.29 is 14.1 Å². The zero-order valence-electron chi connectivity index (χ0n) is 19.8. The Labute approximate surface area is 215 Å². The molecular weight excluding hydrogens is 496 g/mol. The zero-order valence-corrected chi connectivity index (χ0v) is 20.5. The quantitative estimate of drug-likeness (QED) is 0.0915. The highest BCUT2D eigenvalue weighted by Gasteiger charge is 2.23. The Kier molecular flexibility index (Phi) is 6.33. The van der Waals surface area contributed by atoms with E-state index in [0.29, 0.717) is 39.1 Å². The monoisotopic (exact) mass is 516 g/mol. The number of pyridine rings is 2. The van der Waals surface area contributed by atoms with Gasteiger partial charge in [0.15, 0.2) is 5.84 Å². The van der Waals surface area contributed by atoms with E-state index in [2.05, 4.69) is 25.6 Å². The SMILES string of the molecule is Cc1cc(C(C)Nc2ccc(Cl)nc2C(N)=NO)c2oc(-c3cccnc3)c(-c3cnoc3)c(=O)c2c1. The maximum absolute atomic E-state index is 13.9. The van der Waals surface area contributed by atoms with Gasteiger partial charge in [-0.05, 0) is 49.7 Å². The molecule has 0 bridgehead atoms. The van der Waals surface area contributed by atoms with Crippen LogP contribution >= 0.6 is 11.6 Å². The van der Waals surface area contributed by atoms with E-state index in [1.807, 2.05) is 26.0 Å². The Hall–Kier alpha value is -4.70. The minimum absolute atomic E-state index is 0.186. The van der Waals surface area contributed by atoms with Crippen molar-refractivity contribution in [2.75, 3.05) is 5.32 Å². The summed E-state index contributed by atoms with van der Waals surface area (Å²) < 4.78 is 11.5. The van der Waals surface area contributed by atoms with Crippen molar-refractivity contribution in [3.05, 3.63) is 93.4 Å². The van der Waals surface area contributed by atoms with Crippen LogP contribution in [0.2, 0.25) is 5.15 Å². The van der Waals surface area contributed by atoms with Crippen molar-refractivity contribution in [2.45, 2.75) is 19.9 Å². The standard InChI is InChI=1S/C26H21ClN6O4/c1-13-8-17(14(2)31-19-5-6-20(27)32-22(19)26(28)33-35)25-18(9-13)23(34)21(16-11-30-36-12-16)24(37-25)15-4-3-7-29-10-15/h3-12,14,31,35H,1-2H3,(H2,28,33). The zero-order chi connectivity index (χ0) is 26.1. The second kappa shape index (κ2) is 9.75. The van der Waals surface area contributed by atoms with Gasteiger partial charge in [-0.25, -0.2) is 4.98 Å². The van der Waals surface area contributed by atoms with Crippen molar-refractivity contribution in [3.63, 3.8) is 0 Å². The van der Waals surface area contributed by atoms with Gasteiger partial charge >= 0.3 is 0 Å². The van der Waals surface area contributed by atoms with Crippen molar-refractivity contribution >= 4 is 34.1 Å². The third-order valence-corrected chi connectivity index (χ3v) is 6.07. The molecule has 0 saturated heterocycles. The first-order valence-corrected chi connectivity index (χ1v) is 11.6. The second-order valence-electron chi connectivity index (χ2n) is 8.40. The highest BCUT2D eigenvalue weighted by atomic mass is 35.5. The summed E-state index contributed by atoms with van der Waals surface area (Å²) in [7, 11) is 0. The molecule has 4 N–H and O–H groups in total. The van der Waals surface area contributed by atoms with Crippen LogP contribution in [-0.4, -0.2) is 26.2 Å². The number of rotatable bonds is 6. The normalized spacial score (nSPS) is 12.6. The fourth-order valence-corrected chi connectivity index (χ4v) is 4.34. The van der Waals surface area contributed by atoms with Crippen molar-refractivity contribution in [3.8, 4) is 22.5 Å². The van der Waals surface area contributed by atoms with E-state index in [0.717, 1.165) is 11.1 Å². The van der Waals surface area contributed by atoms with E-state index in [1.54, 1.807) is 36.7 Å². The number of aryl methyl sites for hydroxylation is 1. The molecule has 5 aromatic rings. The third kappa shape index (κ3) is 4.50. The number of nitrogens with one attached hydrogen (secondary N) is 1. The van der Waals surface area contributed by atoms with E-state index in [9.17, 15) is 10.0 Å². The lowest BCUT2D eigenvalue weighted by Gasteiger charge is -2.20. The average Bonchev–Trinajstić information content (AvgIpc) is 3.44. The number of benzene rings is 1. The van der Waals surface area contributed by atoms with Gasteiger partial charge in [0.1, 0.15) is 28.5 Å². The first kappa shape index (κ1) is 24.0. The summed E-state index contributed by atoms with van der Waals surface area (Å²) in [4.78, 5) is 22.2. The molecule has 0 spiro atoms. The van der Waals surface area contributed by atoms with Crippen LogP contribution in [0, 0.1) is 6.92 Å². The summed E-state index contributed by atoms with van der Waals surface area (Å²) in [5, 5.41) is 19.9. The molecule has 4 heterocycles. The third-order valence-electron chi connectivity index (χ3n) is 5.86. The Morgan fingerprint density at radius 1 is 1.22 bits per heavy atom. The number of halogens is 1. The molecule has 0 fully saturated rings. The molecule has 10 nitrogen and oxygen atoms in total. The van der Waals surface area contributed by atoms with E-state index in [4.69, 9.17) is 26.3 Å². The van der Waals surface area contributed by atoms with Gasteiger partial charge in [-0.1, -0.05) is 28.0 Å². The number of aromatic nitrogens is 3. The largest absolute Gasteiger partial charge is 0.455 e. The van der Waals surface area contributed by atoms with E-state index in [-0.39, 0.29) is 28.2 Å². The number of hydrogen-bond acceptors (Lipinski definition) is 9. The number of hydrogen-bond donors (Lipinski definition) is 3. The molecule has 0 radical (unpaired) electrons. The van der Waals surface area contributed by atoms with E-state index < -0.39 is 0 Å². The fourth-order valence-electron chi connectivity index (χ4n) is 4.19. The highest BCUT2D eigenvalue weighted by Crippen LogP contribution is 2.36. The summed E-state index contributed by atoms with van der Waals surface area (Å²) in [6.07, 6.45) is 6.14. The molecule has 186 valence electrons. The Bertz CT molecular complexity index is 1680. The summed E-state index contributed by atoms with van der Waals surface area (Å²) in [6.45, 7) is 3.80. The van der Waals surface area contributed by atoms with Gasteiger partial charge in [-0.15, -0.1) is 0 Å². The number of nitrogens with two attached hydrogens (primary N) is 1. The molecule has 5 rings (SSSR count). The van der Waals surface area contributed by atoms with Crippen LogP contribution in [0.3, 0.4) is 0 Å². The molecule has 4 aromatic heterocycles. The number of fused-ring (bicyclic) bond motifs is 1. The summed E-state index contributed by atoms with van der Waals surface area (Å²) >= 11 is 6.02. The molecule has 0 aliphatic carbocycles. The number of anilines is 1. The number of oxime groups is 1. The van der Waals surface area contributed by atoms with E-state index in [1.165, 1.54) is 12.5 Å². The average molecular weight is 517 g/mol. The van der Waals surface area contributed by atoms with E-state index >= 15 is 0 Å². The molecule has 0 saturated carbocycles. The molecule has 0 aliphatic heterocycles. The van der Waals surface area contributed by atoms with Crippen LogP contribution in [0.5, 0.6) is 0 Å². The van der Waals surface area contributed by atoms with Crippen LogP contribution in [-0.2, 0) is 0 Å². The van der Waals surface area contributed by atoms with Crippen LogP contribution in [0.15, 0.2) is 80.1 Å². The topological polar surface area (TPSA) is 153 Å². The lowest BCUT2D eigenvalue weighted by molar-refractivity contribution is 0.318. The first-order valence-electron chi connectivity index (χ1n) is 11.2. The summed E-state index contributed by atoms with van der Waals surface area (Å²) in [6, 6.07) is 10.2. The van der Waals surface area contributed by atoms with Crippen LogP contribution in [0.4, 0.5) is 5.69 Å². The smallest absolute Gasteiger partial charge is 0.201 e. The molecule has 1 aromatic carbocycles. The highest BCUT2D eigenvalue weighted by molar-refractivity contribution is 6.29. The van der Waals surface area contributed by atoms with Crippen molar-refractivity contribution in [2.24, 2.45) is 10.9 Å². The second-order valence-corrected chi connectivity index (χ2v) is 8.79. The molecule has 37 heavy (non-hydrogen) atoms. The van der Waals surface area contributed by atoms with Crippen LogP contribution in [0.1, 0.15) is 29.8 Å². The van der Waals surface area contributed by atoms with Crippen LogP contribution in [0.25, 0.3) is 33.4 Å². The lowest BCUT2D eigenvalue weighted by Crippen LogP contribution is -2.19. The number of nitrogens with zero attached hydrogens (tertiary/aromatic N) is 4. The Balaban J connectivity index is 1.72. The lowest BCUT2D eigenvalue weighted by atomic mass is 9.97. The van der Waals surface area contributed by atoms with Gasteiger partial charge in [0.05, 0.1) is 28.9 Å². The molecule has 0 amide bonds. The summed E-state index contributed by atoms with van der Waals surface area (Å²) in [5.41, 5.74) is 9.70. The van der Waals surface area contributed by atoms with Crippen LogP contribution < -0.4 is 16.5 Å². The van der Waals surface area contributed by atoms with Gasteiger partial charge in [0.2, 0.25) is 5.43 Å². The predicted octanol–water partition coefficient (Wildman–Crippen LogP) is 5.13. The Morgan fingerprint density at radius 3 is 2.76 bits per heavy atom. The first-order chi connectivity index (χ1) is 17.9. The maximum Gasteiger partial charge on any atom is 0.201 e. The van der Waals surface area contributed by atoms with Gasteiger partial charge in [-0.2, -0.15) is 0 Å².